The Morgan fingerprint density at radius 2 is 1.87 bits per heavy atom. The maximum absolute atomic E-state index is 12.1. The van der Waals surface area contributed by atoms with Crippen molar-refractivity contribution in [1.29, 1.82) is 0 Å². The smallest absolute Gasteiger partial charge is 0.407 e. The van der Waals surface area contributed by atoms with E-state index in [-0.39, 0.29) is 12.6 Å². The minimum absolute atomic E-state index is 0.0348. The van der Waals surface area contributed by atoms with E-state index in [2.05, 4.69) is 16.3 Å². The van der Waals surface area contributed by atoms with Crippen LogP contribution in [0.1, 0.15) is 23.2 Å². The van der Waals surface area contributed by atoms with Crippen LogP contribution in [-0.2, 0) is 24.2 Å². The summed E-state index contributed by atoms with van der Waals surface area (Å²) in [5, 5.41) is 12.0. The van der Waals surface area contributed by atoms with Gasteiger partial charge in [-0.05, 0) is 36.5 Å². The van der Waals surface area contributed by atoms with Gasteiger partial charge in [0.25, 0.3) is 0 Å². The molecule has 1 fully saturated rings. The molecular formula is C22H26N4O4. The van der Waals surface area contributed by atoms with E-state index < -0.39 is 12.2 Å². The van der Waals surface area contributed by atoms with Crippen molar-refractivity contribution in [3.05, 3.63) is 59.3 Å². The number of hydrogen-bond acceptors (Lipinski definition) is 5. The summed E-state index contributed by atoms with van der Waals surface area (Å²) in [6, 6.07) is 13.7. The van der Waals surface area contributed by atoms with Crippen molar-refractivity contribution in [2.24, 2.45) is 0 Å². The molecule has 1 aromatic carbocycles. The maximum atomic E-state index is 12.1. The highest BCUT2D eigenvalue weighted by molar-refractivity contribution is 5.67. The van der Waals surface area contributed by atoms with Gasteiger partial charge in [0.1, 0.15) is 12.4 Å². The summed E-state index contributed by atoms with van der Waals surface area (Å²) < 4.78 is 5.32. The zero-order valence-electron chi connectivity index (χ0n) is 16.8. The van der Waals surface area contributed by atoms with Crippen LogP contribution in [0, 0.1) is 0 Å². The van der Waals surface area contributed by atoms with E-state index >= 15 is 0 Å². The molecule has 2 heterocycles. The molecule has 1 aliphatic carbocycles. The standard InChI is InChI=1S/C22H26N4O4/c27-21(30-15-16-4-2-1-3-5-16)23-18-7-8-19-17(14-18)6-9-20(24-19)25-10-12-26(13-11-25)22(28)29/h1-6,9,18H,7-8,10-15H2,(H,23,27)(H,28,29). The fourth-order valence-corrected chi connectivity index (χ4v) is 3.96. The van der Waals surface area contributed by atoms with E-state index in [9.17, 15) is 9.59 Å². The van der Waals surface area contributed by atoms with E-state index in [1.165, 1.54) is 4.90 Å². The molecule has 4 rings (SSSR count). The first-order valence-electron chi connectivity index (χ1n) is 10.3. The predicted octanol–water partition coefficient (Wildman–Crippen LogP) is 2.67. The van der Waals surface area contributed by atoms with Crippen LogP contribution >= 0.6 is 0 Å². The number of nitrogens with one attached hydrogen (secondary N) is 1. The molecule has 2 aromatic rings. The number of amides is 2. The molecule has 2 amide bonds. The van der Waals surface area contributed by atoms with Crippen molar-refractivity contribution in [3.8, 4) is 0 Å². The molecular weight excluding hydrogens is 384 g/mol. The van der Waals surface area contributed by atoms with E-state index in [0.717, 1.165) is 41.9 Å². The molecule has 2 aliphatic rings. The SMILES string of the molecule is O=C(NC1CCc2nc(N3CCN(C(=O)O)CC3)ccc2C1)OCc1ccccc1. The molecule has 1 aliphatic heterocycles. The Morgan fingerprint density at radius 3 is 2.60 bits per heavy atom. The van der Waals surface area contributed by atoms with Crippen LogP contribution in [0.5, 0.6) is 0 Å². The first-order chi connectivity index (χ1) is 14.6. The average molecular weight is 410 g/mol. The highest BCUT2D eigenvalue weighted by Gasteiger charge is 2.25. The zero-order valence-corrected chi connectivity index (χ0v) is 16.8. The number of anilines is 1. The molecule has 8 heteroatoms. The third-order valence-electron chi connectivity index (χ3n) is 5.66. The van der Waals surface area contributed by atoms with Gasteiger partial charge in [0.2, 0.25) is 0 Å². The Bertz CT molecular complexity index is 897. The van der Waals surface area contributed by atoms with E-state index in [1.807, 2.05) is 36.4 Å². The van der Waals surface area contributed by atoms with Crippen molar-refractivity contribution in [3.63, 3.8) is 0 Å². The van der Waals surface area contributed by atoms with Crippen LogP contribution in [0.4, 0.5) is 15.4 Å². The van der Waals surface area contributed by atoms with Crippen LogP contribution in [0.2, 0.25) is 0 Å². The van der Waals surface area contributed by atoms with Crippen LogP contribution in [0.15, 0.2) is 42.5 Å². The number of carbonyl (C=O) groups is 2. The summed E-state index contributed by atoms with van der Waals surface area (Å²) in [6.07, 6.45) is 1.08. The number of rotatable bonds is 4. The van der Waals surface area contributed by atoms with Crippen molar-refractivity contribution in [2.75, 3.05) is 31.1 Å². The number of carbonyl (C=O) groups excluding carboxylic acids is 1. The van der Waals surface area contributed by atoms with Crippen molar-refractivity contribution in [1.82, 2.24) is 15.2 Å². The summed E-state index contributed by atoms with van der Waals surface area (Å²) >= 11 is 0. The molecule has 158 valence electrons. The maximum Gasteiger partial charge on any atom is 0.407 e. The number of nitrogens with zero attached hydrogens (tertiary/aromatic N) is 3. The Morgan fingerprint density at radius 1 is 1.10 bits per heavy atom. The van der Waals surface area contributed by atoms with Crippen molar-refractivity contribution < 1.29 is 19.4 Å². The van der Waals surface area contributed by atoms with Crippen molar-refractivity contribution >= 4 is 18.0 Å². The average Bonchev–Trinajstić information content (AvgIpc) is 2.78. The fourth-order valence-electron chi connectivity index (χ4n) is 3.96. The number of alkyl carbamates (subject to hydrolysis) is 1. The second-order valence-corrected chi connectivity index (χ2v) is 7.68. The Kier molecular flexibility index (Phi) is 6.02. The van der Waals surface area contributed by atoms with Gasteiger partial charge in [0, 0.05) is 37.9 Å². The van der Waals surface area contributed by atoms with Gasteiger partial charge in [-0.15, -0.1) is 0 Å². The summed E-state index contributed by atoms with van der Waals surface area (Å²) in [6.45, 7) is 2.54. The number of aryl methyl sites for hydroxylation is 1. The summed E-state index contributed by atoms with van der Waals surface area (Å²) in [4.78, 5) is 31.6. The van der Waals surface area contributed by atoms with Crippen LogP contribution in [0.25, 0.3) is 0 Å². The van der Waals surface area contributed by atoms with Crippen LogP contribution in [0.3, 0.4) is 0 Å². The van der Waals surface area contributed by atoms with E-state index in [4.69, 9.17) is 14.8 Å². The highest BCUT2D eigenvalue weighted by atomic mass is 16.5. The van der Waals surface area contributed by atoms with Gasteiger partial charge in [-0.2, -0.15) is 0 Å². The molecule has 8 nitrogen and oxygen atoms in total. The lowest BCUT2D eigenvalue weighted by Crippen LogP contribution is -2.48. The fraction of sp³-hybridized carbons (Fsp3) is 0.409. The number of benzene rings is 1. The minimum Gasteiger partial charge on any atom is -0.465 e. The van der Waals surface area contributed by atoms with Gasteiger partial charge in [-0.1, -0.05) is 36.4 Å². The Balaban J connectivity index is 1.29. The third kappa shape index (κ3) is 4.82. The lowest BCUT2D eigenvalue weighted by atomic mass is 9.92. The second-order valence-electron chi connectivity index (χ2n) is 7.68. The molecule has 30 heavy (non-hydrogen) atoms. The predicted molar refractivity (Wildman–Crippen MR) is 112 cm³/mol. The summed E-state index contributed by atoms with van der Waals surface area (Å²) in [7, 11) is 0. The van der Waals surface area contributed by atoms with Gasteiger partial charge >= 0.3 is 12.2 Å². The van der Waals surface area contributed by atoms with Gasteiger partial charge in [0.15, 0.2) is 0 Å². The normalized spacial score (nSPS) is 18.5. The Labute approximate surface area is 175 Å². The van der Waals surface area contributed by atoms with Gasteiger partial charge in [-0.25, -0.2) is 14.6 Å². The monoisotopic (exact) mass is 410 g/mol. The van der Waals surface area contributed by atoms with Gasteiger partial charge < -0.3 is 25.0 Å². The molecule has 2 N–H and O–H groups in total. The third-order valence-corrected chi connectivity index (χ3v) is 5.66. The first kappa shape index (κ1) is 20.0. The zero-order chi connectivity index (χ0) is 20.9. The van der Waals surface area contributed by atoms with E-state index in [0.29, 0.717) is 26.2 Å². The van der Waals surface area contributed by atoms with Crippen LogP contribution < -0.4 is 10.2 Å². The molecule has 1 aromatic heterocycles. The molecule has 1 saturated heterocycles. The lowest BCUT2D eigenvalue weighted by molar-refractivity contribution is 0.134. The highest BCUT2D eigenvalue weighted by Crippen LogP contribution is 2.24. The number of hydrogen-bond donors (Lipinski definition) is 2. The number of ether oxygens (including phenoxy) is 1. The quantitative estimate of drug-likeness (QED) is 0.805. The number of fused-ring (bicyclic) bond motifs is 1. The first-order valence-corrected chi connectivity index (χ1v) is 10.3. The molecule has 0 saturated carbocycles. The van der Waals surface area contributed by atoms with Crippen molar-refractivity contribution in [2.45, 2.75) is 31.9 Å². The minimum atomic E-state index is -0.867. The number of aromatic nitrogens is 1. The molecule has 1 atom stereocenters. The largest absolute Gasteiger partial charge is 0.465 e. The molecule has 0 radical (unpaired) electrons. The number of piperazine rings is 1. The molecule has 0 bridgehead atoms. The number of carboxylic acid groups (broad SMARTS) is 1. The summed E-state index contributed by atoms with van der Waals surface area (Å²) in [5.74, 6) is 0.896. The Hall–Kier alpha value is -3.29. The van der Waals surface area contributed by atoms with E-state index in [1.54, 1.807) is 0 Å². The molecule has 1 unspecified atom stereocenters. The topological polar surface area (TPSA) is 95.0 Å². The number of pyridine rings is 1. The van der Waals surface area contributed by atoms with Gasteiger partial charge in [-0.3, -0.25) is 0 Å². The van der Waals surface area contributed by atoms with Gasteiger partial charge in [0.05, 0.1) is 0 Å². The van der Waals surface area contributed by atoms with Crippen LogP contribution in [-0.4, -0.2) is 59.4 Å². The second kappa shape index (κ2) is 9.02. The summed E-state index contributed by atoms with van der Waals surface area (Å²) in [5.41, 5.74) is 3.16. The molecule has 0 spiro atoms. The lowest BCUT2D eigenvalue weighted by Gasteiger charge is -2.34.